The molecule has 0 aliphatic heterocycles. The Morgan fingerprint density at radius 1 is 0.935 bits per heavy atom. The van der Waals surface area contributed by atoms with Gasteiger partial charge in [0.15, 0.2) is 11.5 Å². The molecule has 0 saturated carbocycles. The molecule has 0 unspecified atom stereocenters. The molecule has 0 aliphatic rings. The first-order chi connectivity index (χ1) is 15.2. The molecule has 0 bridgehead atoms. The van der Waals surface area contributed by atoms with Gasteiger partial charge in [-0.1, -0.05) is 61.0 Å². The summed E-state index contributed by atoms with van der Waals surface area (Å²) in [4.78, 5) is 0. The largest absolute Gasteiger partial charge is 0.490 e. The Bertz CT molecular complexity index is 1020. The van der Waals surface area contributed by atoms with Crippen LogP contribution in [0.1, 0.15) is 36.1 Å². The van der Waals surface area contributed by atoms with Crippen LogP contribution in [0.3, 0.4) is 0 Å². The fourth-order valence-corrected chi connectivity index (χ4v) is 3.71. The number of aryl methyl sites for hydroxylation is 1. The summed E-state index contributed by atoms with van der Waals surface area (Å²) >= 11 is 6.31. The summed E-state index contributed by atoms with van der Waals surface area (Å²) in [7, 11) is 0. The number of hydrogen-bond acceptors (Lipinski definition) is 3. The molecule has 0 radical (unpaired) electrons. The molecule has 162 valence electrons. The predicted molar refractivity (Wildman–Crippen MR) is 130 cm³/mol. The Balaban J connectivity index is 1.86. The number of anilines is 1. The van der Waals surface area contributed by atoms with Crippen LogP contribution in [0.2, 0.25) is 5.02 Å². The summed E-state index contributed by atoms with van der Waals surface area (Å²) in [6, 6.07) is 20.3. The molecular weight excluding hydrogens is 406 g/mol. The van der Waals surface area contributed by atoms with E-state index in [0.717, 1.165) is 40.3 Å². The molecule has 0 saturated heterocycles. The fourth-order valence-electron chi connectivity index (χ4n) is 3.52. The molecule has 3 nitrogen and oxygen atoms in total. The predicted octanol–water partition coefficient (Wildman–Crippen LogP) is 7.22. The van der Waals surface area contributed by atoms with Gasteiger partial charge in [0.05, 0.1) is 6.61 Å². The number of nitrogens with one attached hydrogen (secondary N) is 1. The van der Waals surface area contributed by atoms with Crippen molar-refractivity contribution in [3.8, 4) is 11.5 Å². The summed E-state index contributed by atoms with van der Waals surface area (Å²) in [5, 5.41) is 4.26. The molecule has 1 N–H and O–H groups in total. The van der Waals surface area contributed by atoms with Crippen molar-refractivity contribution >= 4 is 17.3 Å². The van der Waals surface area contributed by atoms with Gasteiger partial charge in [-0.3, -0.25) is 0 Å². The minimum atomic E-state index is 0.380. The van der Waals surface area contributed by atoms with Gasteiger partial charge in [-0.25, -0.2) is 0 Å². The van der Waals surface area contributed by atoms with Crippen molar-refractivity contribution in [1.82, 2.24) is 0 Å². The molecule has 0 fully saturated rings. The maximum atomic E-state index is 6.31. The number of para-hydroxylation sites is 1. The third-order valence-corrected chi connectivity index (χ3v) is 5.44. The average Bonchev–Trinajstić information content (AvgIpc) is 2.78. The van der Waals surface area contributed by atoms with E-state index < -0.39 is 0 Å². The standard InChI is InChI=1S/C27H30ClNO2/c1-4-11-22-16-20(18-29-25-15-10-8-12-21(25)5-2)17-26(30-6-3)27(22)31-19-23-13-7-9-14-24(23)28/h4,7-10,12-17,29H,1,5-6,11,18-19H2,2-3H3. The van der Waals surface area contributed by atoms with Gasteiger partial charge in [0.2, 0.25) is 0 Å². The highest BCUT2D eigenvalue weighted by atomic mass is 35.5. The van der Waals surface area contributed by atoms with Gasteiger partial charge in [0.25, 0.3) is 0 Å². The fraction of sp³-hybridized carbons (Fsp3) is 0.259. The Hall–Kier alpha value is -2.91. The van der Waals surface area contributed by atoms with Crippen LogP contribution >= 0.6 is 11.6 Å². The van der Waals surface area contributed by atoms with Gasteiger partial charge in [-0.2, -0.15) is 0 Å². The van der Waals surface area contributed by atoms with E-state index in [2.05, 4.69) is 55.2 Å². The number of benzene rings is 3. The molecule has 3 aromatic carbocycles. The minimum absolute atomic E-state index is 0.380. The van der Waals surface area contributed by atoms with Gasteiger partial charge < -0.3 is 14.8 Å². The molecule has 31 heavy (non-hydrogen) atoms. The van der Waals surface area contributed by atoms with E-state index in [4.69, 9.17) is 21.1 Å². The van der Waals surface area contributed by atoms with Crippen LogP contribution in [0.25, 0.3) is 0 Å². The zero-order valence-corrected chi connectivity index (χ0v) is 19.0. The van der Waals surface area contributed by atoms with E-state index in [0.29, 0.717) is 31.2 Å². The van der Waals surface area contributed by atoms with E-state index in [1.807, 2.05) is 37.3 Å². The molecule has 3 rings (SSSR count). The van der Waals surface area contributed by atoms with Crippen LogP contribution in [0.15, 0.2) is 73.3 Å². The first-order valence-electron chi connectivity index (χ1n) is 10.7. The lowest BCUT2D eigenvalue weighted by Crippen LogP contribution is -2.07. The second-order valence-electron chi connectivity index (χ2n) is 7.25. The van der Waals surface area contributed by atoms with E-state index in [-0.39, 0.29) is 0 Å². The third-order valence-electron chi connectivity index (χ3n) is 5.07. The van der Waals surface area contributed by atoms with Gasteiger partial charge in [-0.15, -0.1) is 6.58 Å². The Labute approximate surface area is 190 Å². The van der Waals surface area contributed by atoms with Crippen molar-refractivity contribution in [3.63, 3.8) is 0 Å². The Morgan fingerprint density at radius 3 is 2.39 bits per heavy atom. The van der Waals surface area contributed by atoms with Crippen LogP contribution in [0.5, 0.6) is 11.5 Å². The van der Waals surface area contributed by atoms with Crippen LogP contribution < -0.4 is 14.8 Å². The molecule has 4 heteroatoms. The van der Waals surface area contributed by atoms with Gasteiger partial charge in [0, 0.05) is 28.4 Å². The maximum Gasteiger partial charge on any atom is 0.165 e. The number of allylic oxidation sites excluding steroid dienone is 1. The summed E-state index contributed by atoms with van der Waals surface area (Å²) in [5.41, 5.74) is 5.59. The number of ether oxygens (including phenoxy) is 2. The lowest BCUT2D eigenvalue weighted by atomic mass is 10.0. The molecule has 0 aliphatic carbocycles. The van der Waals surface area contributed by atoms with Gasteiger partial charge in [0.1, 0.15) is 6.61 Å². The summed E-state index contributed by atoms with van der Waals surface area (Å²) < 4.78 is 12.2. The van der Waals surface area contributed by atoms with Gasteiger partial charge in [-0.05, 0) is 55.2 Å². The molecule has 0 amide bonds. The molecule has 0 atom stereocenters. The third kappa shape index (κ3) is 6.05. The molecule has 3 aromatic rings. The lowest BCUT2D eigenvalue weighted by molar-refractivity contribution is 0.267. The second-order valence-corrected chi connectivity index (χ2v) is 7.66. The molecular formula is C27H30ClNO2. The minimum Gasteiger partial charge on any atom is -0.490 e. The Kier molecular flexibility index (Phi) is 8.43. The number of hydrogen-bond donors (Lipinski definition) is 1. The molecule has 0 aromatic heterocycles. The second kappa shape index (κ2) is 11.5. The van der Waals surface area contributed by atoms with E-state index in [9.17, 15) is 0 Å². The van der Waals surface area contributed by atoms with Crippen LogP contribution in [0, 0.1) is 0 Å². The number of halogens is 1. The first-order valence-corrected chi connectivity index (χ1v) is 11.1. The van der Waals surface area contributed by atoms with Crippen molar-refractivity contribution in [3.05, 3.63) is 101 Å². The van der Waals surface area contributed by atoms with Gasteiger partial charge >= 0.3 is 0 Å². The topological polar surface area (TPSA) is 30.5 Å². The lowest BCUT2D eigenvalue weighted by Gasteiger charge is -2.19. The summed E-state index contributed by atoms with van der Waals surface area (Å²) in [6.45, 7) is 9.71. The zero-order chi connectivity index (χ0) is 22.1. The van der Waals surface area contributed by atoms with Crippen molar-refractivity contribution in [1.29, 1.82) is 0 Å². The zero-order valence-electron chi connectivity index (χ0n) is 18.3. The van der Waals surface area contributed by atoms with E-state index in [1.54, 1.807) is 0 Å². The van der Waals surface area contributed by atoms with E-state index in [1.165, 1.54) is 5.56 Å². The van der Waals surface area contributed by atoms with E-state index >= 15 is 0 Å². The monoisotopic (exact) mass is 435 g/mol. The highest BCUT2D eigenvalue weighted by Gasteiger charge is 2.14. The summed E-state index contributed by atoms with van der Waals surface area (Å²) in [6.07, 6.45) is 3.57. The van der Waals surface area contributed by atoms with Crippen molar-refractivity contribution in [2.75, 3.05) is 11.9 Å². The van der Waals surface area contributed by atoms with Crippen molar-refractivity contribution < 1.29 is 9.47 Å². The normalized spacial score (nSPS) is 10.5. The maximum absolute atomic E-state index is 6.31. The van der Waals surface area contributed by atoms with Crippen molar-refractivity contribution in [2.24, 2.45) is 0 Å². The highest BCUT2D eigenvalue weighted by molar-refractivity contribution is 6.31. The molecule has 0 heterocycles. The summed E-state index contributed by atoms with van der Waals surface area (Å²) in [5.74, 6) is 1.49. The number of rotatable bonds is 11. The van der Waals surface area contributed by atoms with Crippen LogP contribution in [0.4, 0.5) is 5.69 Å². The first kappa shape index (κ1) is 22.8. The van der Waals surface area contributed by atoms with Crippen molar-refractivity contribution in [2.45, 2.75) is 39.8 Å². The SMILES string of the molecule is C=CCc1cc(CNc2ccccc2CC)cc(OCC)c1OCc1ccccc1Cl. The Morgan fingerprint density at radius 2 is 1.68 bits per heavy atom. The highest BCUT2D eigenvalue weighted by Crippen LogP contribution is 2.35. The van der Waals surface area contributed by atoms with Crippen LogP contribution in [-0.2, 0) is 26.0 Å². The quantitative estimate of drug-likeness (QED) is 0.322. The smallest absolute Gasteiger partial charge is 0.165 e. The molecule has 0 spiro atoms. The average molecular weight is 436 g/mol. The van der Waals surface area contributed by atoms with Crippen LogP contribution in [-0.4, -0.2) is 6.61 Å².